The zero-order valence-electron chi connectivity index (χ0n) is 13.9. The third kappa shape index (κ3) is 5.66. The molecule has 2 aliphatic carbocycles. The minimum absolute atomic E-state index is 0. The Morgan fingerprint density at radius 1 is 0.708 bits per heavy atom. The van der Waals surface area contributed by atoms with Crippen molar-refractivity contribution >= 4 is 16.4 Å². The quantitative estimate of drug-likeness (QED) is 0.477. The molecule has 3 heteroatoms. The van der Waals surface area contributed by atoms with Crippen LogP contribution in [-0.4, -0.2) is 4.21 Å². The molecule has 0 bridgehead atoms. The maximum Gasteiger partial charge on any atom is -1.00 e. The minimum atomic E-state index is 0. The smallest absolute Gasteiger partial charge is 1.00 e. The normalized spacial score (nSPS) is 17.8. The third-order valence-electron chi connectivity index (χ3n) is 3.90. The summed E-state index contributed by atoms with van der Waals surface area (Å²) in [6, 6.07) is 16.9. The molecule has 24 heavy (non-hydrogen) atoms. The van der Waals surface area contributed by atoms with E-state index in [1.807, 2.05) is 0 Å². The molecule has 0 heterocycles. The zero-order chi connectivity index (χ0) is 15.9. The number of hydrogen-bond acceptors (Lipinski definition) is 0. The molecular weight excluding hydrogens is 414 g/mol. The van der Waals surface area contributed by atoms with Gasteiger partial charge in [-0.25, -0.2) is 12.2 Å². The van der Waals surface area contributed by atoms with Crippen molar-refractivity contribution in [3.8, 4) is 0 Å². The van der Waals surface area contributed by atoms with E-state index >= 15 is 0 Å². The predicted molar refractivity (Wildman–Crippen MR) is 92.2 cm³/mol. The van der Waals surface area contributed by atoms with Crippen molar-refractivity contribution in [1.29, 1.82) is 0 Å². The van der Waals surface area contributed by atoms with Gasteiger partial charge in [0.15, 0.2) is 0 Å². The molecule has 2 aliphatic rings. The van der Waals surface area contributed by atoms with Gasteiger partial charge in [0.25, 0.3) is 0 Å². The van der Waals surface area contributed by atoms with Gasteiger partial charge in [-0.15, -0.1) is 23.3 Å². The first-order valence-electron chi connectivity index (χ1n) is 7.47. The molecule has 2 unspecified atom stereocenters. The van der Waals surface area contributed by atoms with E-state index in [9.17, 15) is 0 Å². The fourth-order valence-electron chi connectivity index (χ4n) is 2.68. The SMILES string of the molecule is CC1[C-]=Cc2ccccc21.CC1[C-]=Cc2ccccc21.[CH2]=[Zr+2].[Cl-].[Cl-]. The molecule has 0 radical (unpaired) electrons. The topological polar surface area (TPSA) is 0 Å². The van der Waals surface area contributed by atoms with Gasteiger partial charge in [0.05, 0.1) is 0 Å². The van der Waals surface area contributed by atoms with Crippen molar-refractivity contribution in [2.75, 3.05) is 0 Å². The van der Waals surface area contributed by atoms with Crippen molar-refractivity contribution in [3.63, 3.8) is 0 Å². The maximum absolute atomic E-state index is 3.34. The minimum Gasteiger partial charge on any atom is -1.00 e. The first-order chi connectivity index (χ1) is 10.8. The summed E-state index contributed by atoms with van der Waals surface area (Å²) in [6.07, 6.45) is 10.7. The maximum atomic E-state index is 3.34. The number of fused-ring (bicyclic) bond motifs is 2. The Morgan fingerprint density at radius 3 is 1.38 bits per heavy atom. The molecule has 0 aromatic heterocycles. The van der Waals surface area contributed by atoms with Crippen molar-refractivity contribution in [1.82, 2.24) is 0 Å². The van der Waals surface area contributed by atoms with Crippen molar-refractivity contribution in [2.45, 2.75) is 25.7 Å². The molecule has 2 aromatic carbocycles. The summed E-state index contributed by atoms with van der Waals surface area (Å²) in [5.41, 5.74) is 5.47. The van der Waals surface area contributed by atoms with Crippen LogP contribution in [0.1, 0.15) is 47.9 Å². The van der Waals surface area contributed by atoms with E-state index in [1.165, 1.54) is 46.5 Å². The van der Waals surface area contributed by atoms with Gasteiger partial charge in [-0.2, -0.15) is 11.1 Å². The molecule has 0 nitrogen and oxygen atoms in total. The van der Waals surface area contributed by atoms with Gasteiger partial charge >= 0.3 is 28.4 Å². The van der Waals surface area contributed by atoms with E-state index in [0.717, 1.165) is 0 Å². The van der Waals surface area contributed by atoms with Crippen LogP contribution in [0.4, 0.5) is 0 Å². The monoisotopic (exact) mass is 432 g/mol. The van der Waals surface area contributed by atoms with Gasteiger partial charge < -0.3 is 24.8 Å². The summed E-state index contributed by atoms with van der Waals surface area (Å²) in [4.78, 5) is 0. The van der Waals surface area contributed by atoms with Gasteiger partial charge in [-0.3, -0.25) is 12.2 Å². The van der Waals surface area contributed by atoms with Gasteiger partial charge in [0.2, 0.25) is 0 Å². The first kappa shape index (κ1) is 23.3. The largest absolute Gasteiger partial charge is 1.00 e. The number of halogens is 2. The second-order valence-corrected chi connectivity index (χ2v) is 5.32. The van der Waals surface area contributed by atoms with E-state index in [4.69, 9.17) is 0 Å². The Hall–Kier alpha value is -0.747. The summed E-state index contributed by atoms with van der Waals surface area (Å²) in [6.45, 7) is 4.34. The average Bonchev–Trinajstić information content (AvgIpc) is 3.15. The fourth-order valence-corrected chi connectivity index (χ4v) is 2.68. The van der Waals surface area contributed by atoms with E-state index in [1.54, 1.807) is 0 Å². The van der Waals surface area contributed by atoms with Crippen LogP contribution in [0.3, 0.4) is 0 Å². The van der Waals surface area contributed by atoms with Crippen molar-refractivity contribution < 1.29 is 49.0 Å². The summed E-state index contributed by atoms with van der Waals surface area (Å²) < 4.78 is 3.34. The number of rotatable bonds is 0. The van der Waals surface area contributed by atoms with Gasteiger partial charge in [-0.1, -0.05) is 62.1 Å². The zero-order valence-corrected chi connectivity index (χ0v) is 17.9. The molecular formula is C21H20Cl2Zr-2. The Kier molecular flexibility index (Phi) is 11.4. The van der Waals surface area contributed by atoms with Crippen LogP contribution >= 0.6 is 0 Å². The van der Waals surface area contributed by atoms with Crippen LogP contribution in [0.25, 0.3) is 12.2 Å². The number of allylic oxidation sites excluding steroid dienone is 2. The van der Waals surface area contributed by atoms with Crippen LogP contribution in [0.2, 0.25) is 0 Å². The summed E-state index contributed by atoms with van der Waals surface area (Å²) in [5, 5.41) is 0. The van der Waals surface area contributed by atoms with E-state index < -0.39 is 0 Å². The third-order valence-corrected chi connectivity index (χ3v) is 3.90. The van der Waals surface area contributed by atoms with Crippen molar-refractivity contribution in [2.24, 2.45) is 0 Å². The summed E-state index contributed by atoms with van der Waals surface area (Å²) in [7, 11) is 0. The van der Waals surface area contributed by atoms with Crippen LogP contribution < -0.4 is 24.8 Å². The van der Waals surface area contributed by atoms with Gasteiger partial charge in [0.1, 0.15) is 0 Å². The van der Waals surface area contributed by atoms with E-state index in [2.05, 4.69) is 90.9 Å². The molecule has 0 aliphatic heterocycles. The number of hydrogen-bond donors (Lipinski definition) is 0. The molecule has 2 aromatic rings. The van der Waals surface area contributed by atoms with E-state index in [0.29, 0.717) is 11.8 Å². The Morgan fingerprint density at radius 2 is 1.04 bits per heavy atom. The molecule has 0 amide bonds. The van der Waals surface area contributed by atoms with Crippen LogP contribution in [0.15, 0.2) is 48.5 Å². The van der Waals surface area contributed by atoms with E-state index in [-0.39, 0.29) is 24.8 Å². The standard InChI is InChI=1S/2C10H9.CH2.2ClH.Zr/c2*1-8-6-7-9-4-2-3-5-10(8)9;;;;/h2*2-5,7-8H,1H3;1H2;2*1H;/q2*-1;;;;+2/p-2. The van der Waals surface area contributed by atoms with Crippen LogP contribution in [0, 0.1) is 12.2 Å². The van der Waals surface area contributed by atoms with Crippen molar-refractivity contribution in [3.05, 3.63) is 82.9 Å². The predicted octanol–water partition coefficient (Wildman–Crippen LogP) is -0.787. The average molecular weight is 435 g/mol. The Bertz CT molecular complexity index is 632. The molecule has 124 valence electrons. The second-order valence-electron chi connectivity index (χ2n) is 5.32. The molecule has 0 spiro atoms. The summed E-state index contributed by atoms with van der Waals surface area (Å²) in [5.74, 6) is 0.993. The molecule has 0 saturated carbocycles. The first-order valence-corrected chi connectivity index (χ1v) is 9.21. The fraction of sp³-hybridized carbons (Fsp3) is 0.190. The number of benzene rings is 2. The van der Waals surface area contributed by atoms with Crippen LogP contribution in [-0.2, 0) is 24.2 Å². The Labute approximate surface area is 173 Å². The second kappa shape index (κ2) is 11.7. The summed E-state index contributed by atoms with van der Waals surface area (Å²) >= 11 is 1.30. The molecule has 2 atom stereocenters. The van der Waals surface area contributed by atoms with Gasteiger partial charge in [0, 0.05) is 0 Å². The molecule has 0 N–H and O–H groups in total. The molecule has 0 fully saturated rings. The Balaban J connectivity index is 0.000000372. The van der Waals surface area contributed by atoms with Gasteiger partial charge in [-0.05, 0) is 0 Å². The molecule has 0 saturated heterocycles. The molecule has 4 rings (SSSR count). The van der Waals surface area contributed by atoms with Crippen LogP contribution in [0.5, 0.6) is 0 Å².